The van der Waals surface area contributed by atoms with E-state index in [-0.39, 0.29) is 11.9 Å². The van der Waals surface area contributed by atoms with E-state index < -0.39 is 0 Å². The number of halogens is 2. The minimum Gasteiger partial charge on any atom is -0.314 e. The Balaban J connectivity index is 2.25. The number of hydrogen-bond donors (Lipinski definition) is 1. The first-order valence-corrected chi connectivity index (χ1v) is 7.77. The highest BCUT2D eigenvalue weighted by Crippen LogP contribution is 2.31. The molecule has 1 heterocycles. The summed E-state index contributed by atoms with van der Waals surface area (Å²) in [6.07, 6.45) is 0.999. The summed E-state index contributed by atoms with van der Waals surface area (Å²) in [5.74, 6) is 0.460. The average molecular weight is 329 g/mol. The van der Waals surface area contributed by atoms with E-state index in [4.69, 9.17) is 0 Å². The maximum atomic E-state index is 14.2. The van der Waals surface area contributed by atoms with E-state index in [1.54, 1.807) is 6.07 Å². The molecule has 0 bridgehead atoms. The van der Waals surface area contributed by atoms with Gasteiger partial charge in [0.25, 0.3) is 0 Å². The molecule has 0 amide bonds. The summed E-state index contributed by atoms with van der Waals surface area (Å²) in [5, 5.41) is 3.36. The van der Waals surface area contributed by atoms with Gasteiger partial charge in [-0.2, -0.15) is 0 Å². The van der Waals surface area contributed by atoms with Crippen molar-refractivity contribution in [1.82, 2.24) is 10.2 Å². The lowest BCUT2D eigenvalue weighted by molar-refractivity contribution is 0.151. The van der Waals surface area contributed by atoms with Crippen molar-refractivity contribution in [1.29, 1.82) is 0 Å². The van der Waals surface area contributed by atoms with E-state index in [0.717, 1.165) is 42.6 Å². The lowest BCUT2D eigenvalue weighted by Crippen LogP contribution is -2.45. The second-order valence-corrected chi connectivity index (χ2v) is 6.51. The van der Waals surface area contributed by atoms with Gasteiger partial charge >= 0.3 is 0 Å². The summed E-state index contributed by atoms with van der Waals surface area (Å²) in [6, 6.07) is 5.63. The molecular weight excluding hydrogens is 307 g/mol. The summed E-state index contributed by atoms with van der Waals surface area (Å²) in [7, 11) is 0. The second kappa shape index (κ2) is 6.82. The van der Waals surface area contributed by atoms with Gasteiger partial charge in [0.15, 0.2) is 0 Å². The van der Waals surface area contributed by atoms with Gasteiger partial charge in [-0.1, -0.05) is 35.8 Å². The van der Waals surface area contributed by atoms with Gasteiger partial charge in [-0.05, 0) is 24.5 Å². The van der Waals surface area contributed by atoms with Crippen LogP contribution in [-0.2, 0) is 0 Å². The number of benzene rings is 1. The molecule has 2 nitrogen and oxygen atoms in total. The first-order valence-electron chi connectivity index (χ1n) is 6.97. The predicted octanol–water partition coefficient (Wildman–Crippen LogP) is 3.58. The molecule has 0 radical (unpaired) electrons. The molecule has 0 aromatic heterocycles. The molecule has 1 fully saturated rings. The van der Waals surface area contributed by atoms with E-state index in [2.05, 4.69) is 40.0 Å². The van der Waals surface area contributed by atoms with Crippen LogP contribution in [0, 0.1) is 11.7 Å². The van der Waals surface area contributed by atoms with Crippen molar-refractivity contribution in [3.8, 4) is 0 Å². The third kappa shape index (κ3) is 4.01. The normalized spacial score (nSPS) is 18.8. The summed E-state index contributed by atoms with van der Waals surface area (Å²) in [4.78, 5) is 2.41. The van der Waals surface area contributed by atoms with Crippen LogP contribution in [0.1, 0.15) is 31.9 Å². The van der Waals surface area contributed by atoms with Gasteiger partial charge in [-0.15, -0.1) is 0 Å². The Bertz CT molecular complexity index is 417. The zero-order chi connectivity index (χ0) is 13.8. The fraction of sp³-hybridized carbons (Fsp3) is 0.600. The molecule has 19 heavy (non-hydrogen) atoms. The Morgan fingerprint density at radius 3 is 2.58 bits per heavy atom. The van der Waals surface area contributed by atoms with Crippen LogP contribution in [0.15, 0.2) is 22.7 Å². The van der Waals surface area contributed by atoms with Crippen LogP contribution in [0.5, 0.6) is 0 Å². The van der Waals surface area contributed by atoms with Gasteiger partial charge in [-0.3, -0.25) is 4.90 Å². The Morgan fingerprint density at radius 1 is 1.32 bits per heavy atom. The van der Waals surface area contributed by atoms with Gasteiger partial charge in [0.1, 0.15) is 5.82 Å². The zero-order valence-electron chi connectivity index (χ0n) is 11.6. The lowest BCUT2D eigenvalue weighted by Gasteiger charge is -2.36. The van der Waals surface area contributed by atoms with Crippen LogP contribution in [0.2, 0.25) is 0 Å². The summed E-state index contributed by atoms with van der Waals surface area (Å²) in [5.41, 5.74) is 0.832. The maximum absolute atomic E-state index is 14.2. The minimum absolute atomic E-state index is 0.0986. The molecule has 1 N–H and O–H groups in total. The van der Waals surface area contributed by atoms with Gasteiger partial charge < -0.3 is 5.32 Å². The molecule has 0 aliphatic carbocycles. The fourth-order valence-electron chi connectivity index (χ4n) is 2.68. The van der Waals surface area contributed by atoms with E-state index in [9.17, 15) is 4.39 Å². The maximum Gasteiger partial charge on any atom is 0.129 e. The van der Waals surface area contributed by atoms with Crippen molar-refractivity contribution in [3.63, 3.8) is 0 Å². The largest absolute Gasteiger partial charge is 0.314 e. The zero-order valence-corrected chi connectivity index (χ0v) is 13.2. The molecule has 1 atom stereocenters. The Labute approximate surface area is 123 Å². The number of nitrogens with zero attached hydrogens (tertiary/aromatic N) is 1. The van der Waals surface area contributed by atoms with Crippen molar-refractivity contribution < 1.29 is 4.39 Å². The number of nitrogens with one attached hydrogen (secondary N) is 1. The third-order valence-corrected chi connectivity index (χ3v) is 4.10. The minimum atomic E-state index is -0.0986. The SMILES string of the molecule is CC(C)C[C@@H](c1ccc(Br)cc1F)N1CCNCC1. The molecule has 0 unspecified atom stereocenters. The van der Waals surface area contributed by atoms with E-state index in [1.807, 2.05) is 12.1 Å². The standard InChI is InChI=1S/C15H22BrFN2/c1-11(2)9-15(19-7-5-18-6-8-19)13-4-3-12(16)10-14(13)17/h3-4,10-11,15,18H,5-9H2,1-2H3/t15-/m0/s1. The first-order chi connectivity index (χ1) is 9.08. The Hall–Kier alpha value is -0.450. The third-order valence-electron chi connectivity index (χ3n) is 3.61. The van der Waals surface area contributed by atoms with Crippen LogP contribution < -0.4 is 5.32 Å². The molecule has 1 saturated heterocycles. The summed E-state index contributed by atoms with van der Waals surface area (Å²) >= 11 is 3.33. The smallest absolute Gasteiger partial charge is 0.129 e. The second-order valence-electron chi connectivity index (χ2n) is 5.60. The van der Waals surface area contributed by atoms with Crippen molar-refractivity contribution in [3.05, 3.63) is 34.1 Å². The number of rotatable bonds is 4. The molecule has 0 saturated carbocycles. The number of piperazine rings is 1. The topological polar surface area (TPSA) is 15.3 Å². The molecule has 1 aliphatic rings. The van der Waals surface area contributed by atoms with Crippen LogP contribution in [0.3, 0.4) is 0 Å². The predicted molar refractivity (Wildman–Crippen MR) is 80.7 cm³/mol. The van der Waals surface area contributed by atoms with Gasteiger partial charge in [-0.25, -0.2) is 4.39 Å². The highest BCUT2D eigenvalue weighted by atomic mass is 79.9. The highest BCUT2D eigenvalue weighted by Gasteiger charge is 2.25. The molecule has 1 aliphatic heterocycles. The van der Waals surface area contributed by atoms with Crippen molar-refractivity contribution in [2.45, 2.75) is 26.3 Å². The van der Waals surface area contributed by atoms with Gasteiger partial charge in [0.2, 0.25) is 0 Å². The Kier molecular flexibility index (Phi) is 5.37. The monoisotopic (exact) mass is 328 g/mol. The van der Waals surface area contributed by atoms with Crippen molar-refractivity contribution in [2.24, 2.45) is 5.92 Å². The van der Waals surface area contributed by atoms with Crippen molar-refractivity contribution >= 4 is 15.9 Å². The molecule has 4 heteroatoms. The van der Waals surface area contributed by atoms with Crippen LogP contribution >= 0.6 is 15.9 Å². The molecular formula is C15H22BrFN2. The molecule has 2 rings (SSSR count). The Morgan fingerprint density at radius 2 is 2.00 bits per heavy atom. The molecule has 1 aromatic rings. The quantitative estimate of drug-likeness (QED) is 0.908. The molecule has 106 valence electrons. The lowest BCUT2D eigenvalue weighted by atomic mass is 9.94. The highest BCUT2D eigenvalue weighted by molar-refractivity contribution is 9.10. The molecule has 0 spiro atoms. The van der Waals surface area contributed by atoms with Gasteiger partial charge in [0.05, 0.1) is 0 Å². The summed E-state index contributed by atoms with van der Waals surface area (Å²) in [6.45, 7) is 8.37. The molecule has 1 aromatic carbocycles. The fourth-order valence-corrected chi connectivity index (χ4v) is 3.02. The first kappa shape index (κ1) is 14.9. The van der Waals surface area contributed by atoms with Crippen LogP contribution in [0.25, 0.3) is 0 Å². The van der Waals surface area contributed by atoms with E-state index in [1.165, 1.54) is 0 Å². The van der Waals surface area contributed by atoms with E-state index in [0.29, 0.717) is 5.92 Å². The summed E-state index contributed by atoms with van der Waals surface area (Å²) < 4.78 is 15.0. The average Bonchev–Trinajstić information content (AvgIpc) is 2.37. The number of hydrogen-bond acceptors (Lipinski definition) is 2. The van der Waals surface area contributed by atoms with Gasteiger partial charge in [0, 0.05) is 42.3 Å². The van der Waals surface area contributed by atoms with E-state index >= 15 is 0 Å². The van der Waals surface area contributed by atoms with Crippen LogP contribution in [0.4, 0.5) is 4.39 Å². The van der Waals surface area contributed by atoms with Crippen LogP contribution in [-0.4, -0.2) is 31.1 Å². The van der Waals surface area contributed by atoms with Crippen molar-refractivity contribution in [2.75, 3.05) is 26.2 Å².